The maximum absolute atomic E-state index is 5.77. The molecule has 0 fully saturated rings. The zero-order valence-corrected chi connectivity index (χ0v) is 24.3. The van der Waals surface area contributed by atoms with Gasteiger partial charge in [0.2, 0.25) is 0 Å². The number of hydrogen-bond acceptors (Lipinski definition) is 6. The fourth-order valence-corrected chi connectivity index (χ4v) is 5.43. The Bertz CT molecular complexity index is 2010. The number of rotatable bonds is 8. The lowest BCUT2D eigenvalue weighted by atomic mass is 9.99. The van der Waals surface area contributed by atoms with E-state index in [2.05, 4.69) is 55.0 Å². The number of fused-ring (bicyclic) bond motifs is 3. The van der Waals surface area contributed by atoms with Gasteiger partial charge in [-0.3, -0.25) is 0 Å². The van der Waals surface area contributed by atoms with Crippen molar-refractivity contribution in [1.29, 1.82) is 0 Å². The average Bonchev–Trinajstić information content (AvgIpc) is 3.76. The molecule has 206 valence electrons. The second-order valence-electron chi connectivity index (χ2n) is 9.82. The van der Waals surface area contributed by atoms with Gasteiger partial charge in [-0.2, -0.15) is 0 Å². The van der Waals surface area contributed by atoms with E-state index >= 15 is 0 Å². The molecule has 0 unspecified atom stereocenters. The van der Waals surface area contributed by atoms with Crippen molar-refractivity contribution < 1.29 is 9.25 Å². The number of benzene rings is 3. The van der Waals surface area contributed by atoms with Gasteiger partial charge >= 0.3 is 0 Å². The Balaban J connectivity index is 1.37. The molecule has 0 saturated heterocycles. The van der Waals surface area contributed by atoms with Crippen LogP contribution >= 0.6 is 15.9 Å². The van der Waals surface area contributed by atoms with Crippen LogP contribution in [0.2, 0.25) is 0 Å². The van der Waals surface area contributed by atoms with Crippen molar-refractivity contribution in [3.05, 3.63) is 131 Å². The molecule has 0 aliphatic rings. The number of furan rings is 1. The van der Waals surface area contributed by atoms with E-state index in [4.69, 9.17) is 19.2 Å². The van der Waals surface area contributed by atoms with Crippen molar-refractivity contribution in [1.82, 2.24) is 24.1 Å². The van der Waals surface area contributed by atoms with Gasteiger partial charge in [-0.15, -0.1) is 5.10 Å². The highest BCUT2D eigenvalue weighted by molar-refractivity contribution is 9.10. The van der Waals surface area contributed by atoms with Crippen LogP contribution in [-0.4, -0.2) is 29.9 Å². The average molecular weight is 618 g/mol. The summed E-state index contributed by atoms with van der Waals surface area (Å²) in [5.41, 5.74) is 7.43. The summed E-state index contributed by atoms with van der Waals surface area (Å²) in [5, 5.41) is 9.88. The third kappa shape index (κ3) is 4.88. The summed E-state index contributed by atoms with van der Waals surface area (Å²) in [6, 6.07) is 32.5. The largest absolute Gasteiger partial charge is 0.467 e. The Kier molecular flexibility index (Phi) is 6.85. The third-order valence-corrected chi connectivity index (χ3v) is 7.61. The Morgan fingerprint density at radius 2 is 1.62 bits per heavy atom. The lowest BCUT2D eigenvalue weighted by Crippen LogP contribution is -2.03. The fourth-order valence-electron chi connectivity index (χ4n) is 5.17. The van der Waals surface area contributed by atoms with Crippen molar-refractivity contribution in [2.75, 3.05) is 0 Å². The molecule has 8 nitrogen and oxygen atoms in total. The summed E-state index contributed by atoms with van der Waals surface area (Å²) in [6.45, 7) is 2.54. The Morgan fingerprint density at radius 3 is 2.33 bits per heavy atom. The maximum Gasteiger partial charge on any atom is 0.192 e. The monoisotopic (exact) mass is 616 g/mol. The number of hydrogen-bond donors (Lipinski definition) is 0. The minimum absolute atomic E-state index is 0.121. The van der Waals surface area contributed by atoms with Gasteiger partial charge in [-0.05, 0) is 47.9 Å². The lowest BCUT2D eigenvalue weighted by molar-refractivity contribution is 0.125. The van der Waals surface area contributed by atoms with Gasteiger partial charge in [-0.25, -0.2) is 14.5 Å². The molecule has 7 rings (SSSR count). The minimum atomic E-state index is 0.121. The molecule has 0 amide bonds. The van der Waals surface area contributed by atoms with E-state index in [-0.39, 0.29) is 6.61 Å². The van der Waals surface area contributed by atoms with Crippen LogP contribution in [0.5, 0.6) is 0 Å². The van der Waals surface area contributed by atoms with E-state index in [0.717, 1.165) is 54.9 Å². The summed E-state index contributed by atoms with van der Waals surface area (Å²) in [7, 11) is 0. The highest BCUT2D eigenvalue weighted by atomic mass is 79.9. The van der Waals surface area contributed by atoms with Crippen LogP contribution in [0.15, 0.2) is 124 Å². The summed E-state index contributed by atoms with van der Waals surface area (Å²) in [5.74, 6) is 1.34. The summed E-state index contributed by atoms with van der Waals surface area (Å²) < 4.78 is 10.7. The van der Waals surface area contributed by atoms with E-state index < -0.39 is 0 Å². The van der Waals surface area contributed by atoms with Crippen molar-refractivity contribution >= 4 is 38.3 Å². The van der Waals surface area contributed by atoms with Crippen LogP contribution in [0.4, 0.5) is 0 Å². The third-order valence-electron chi connectivity index (χ3n) is 7.08. The molecule has 4 heterocycles. The van der Waals surface area contributed by atoms with E-state index in [1.165, 1.54) is 0 Å². The normalized spacial score (nSPS) is 11.9. The zero-order valence-electron chi connectivity index (χ0n) is 22.7. The molecule has 42 heavy (non-hydrogen) atoms. The topological polar surface area (TPSA) is 82.7 Å². The smallest absolute Gasteiger partial charge is 0.192 e. The molecule has 3 aromatic carbocycles. The van der Waals surface area contributed by atoms with Crippen molar-refractivity contribution in [3.63, 3.8) is 0 Å². The maximum atomic E-state index is 5.77. The molecule has 0 radical (unpaired) electrons. The quantitative estimate of drug-likeness (QED) is 0.129. The van der Waals surface area contributed by atoms with E-state index in [1.807, 2.05) is 79.7 Å². The molecule has 4 aromatic heterocycles. The number of oxime groups is 1. The Labute approximate surface area is 250 Å². The predicted molar refractivity (Wildman–Crippen MR) is 166 cm³/mol. The van der Waals surface area contributed by atoms with Gasteiger partial charge in [0.05, 0.1) is 29.6 Å². The first-order chi connectivity index (χ1) is 20.7. The molecule has 9 heteroatoms. The van der Waals surface area contributed by atoms with E-state index in [0.29, 0.717) is 18.0 Å². The highest BCUT2D eigenvalue weighted by Crippen LogP contribution is 2.42. The van der Waals surface area contributed by atoms with Gasteiger partial charge in [-0.1, -0.05) is 93.9 Å². The van der Waals surface area contributed by atoms with Gasteiger partial charge < -0.3 is 13.8 Å². The molecule has 0 saturated carbocycles. The molecule has 7 aromatic rings. The van der Waals surface area contributed by atoms with Gasteiger partial charge in [0.1, 0.15) is 17.7 Å². The fraction of sp³-hybridized carbons (Fsp3) is 0.0909. The predicted octanol–water partition coefficient (Wildman–Crippen LogP) is 7.76. The first-order valence-electron chi connectivity index (χ1n) is 13.5. The first kappa shape index (κ1) is 25.9. The summed E-state index contributed by atoms with van der Waals surface area (Å²) >= 11 is 3.46. The molecule has 0 aliphatic heterocycles. The van der Waals surface area contributed by atoms with Gasteiger partial charge in [0, 0.05) is 10.0 Å². The molecule has 0 spiro atoms. The van der Waals surface area contributed by atoms with Crippen molar-refractivity contribution in [2.24, 2.45) is 5.16 Å². The van der Waals surface area contributed by atoms with E-state index in [1.54, 1.807) is 17.1 Å². The minimum Gasteiger partial charge on any atom is -0.467 e. The zero-order chi connectivity index (χ0) is 28.5. The Hall–Kier alpha value is -5.02. The van der Waals surface area contributed by atoms with Crippen LogP contribution in [0, 0.1) is 0 Å². The van der Waals surface area contributed by atoms with Crippen molar-refractivity contribution in [3.8, 4) is 22.4 Å². The van der Waals surface area contributed by atoms with Crippen LogP contribution in [0.25, 0.3) is 39.1 Å². The van der Waals surface area contributed by atoms with Crippen LogP contribution < -0.4 is 0 Å². The molecular formula is C33H25BrN6O2. The number of nitrogens with zero attached hydrogens (tertiary/aromatic N) is 6. The molecule has 0 N–H and O–H groups in total. The summed E-state index contributed by atoms with van der Waals surface area (Å²) in [4.78, 5) is 15.5. The molecule has 0 bridgehead atoms. The lowest BCUT2D eigenvalue weighted by Gasteiger charge is -2.11. The Morgan fingerprint density at radius 1 is 0.881 bits per heavy atom. The number of aromatic nitrogens is 5. The molecule has 0 aliphatic carbocycles. The van der Waals surface area contributed by atoms with Gasteiger partial charge in [0.25, 0.3) is 0 Å². The van der Waals surface area contributed by atoms with Crippen molar-refractivity contribution in [2.45, 2.75) is 20.1 Å². The van der Waals surface area contributed by atoms with E-state index in [9.17, 15) is 0 Å². The second-order valence-corrected chi connectivity index (χ2v) is 10.7. The standard InChI is InChI=1S/C33H25BrN6O2/c1-22(23-14-16-26(34)17-15-23)38-42-20-28-36-33-30-29(24-9-4-2-5-10-24)31(25-11-6-3-7-12-25)39(19-27-13-8-18-41-27)32(30)35-21-40(33)37-28/h2-18,21H,19-20H2,1H3. The second kappa shape index (κ2) is 11.1. The highest BCUT2D eigenvalue weighted by Gasteiger charge is 2.25. The molecule has 0 atom stereocenters. The van der Waals surface area contributed by atoms with Crippen LogP contribution in [-0.2, 0) is 18.0 Å². The first-order valence-corrected chi connectivity index (χ1v) is 14.3. The summed E-state index contributed by atoms with van der Waals surface area (Å²) in [6.07, 6.45) is 3.39. The van der Waals surface area contributed by atoms with Crippen LogP contribution in [0.3, 0.4) is 0 Å². The molecular weight excluding hydrogens is 592 g/mol. The van der Waals surface area contributed by atoms with Gasteiger partial charge in [0.15, 0.2) is 18.1 Å². The number of halogens is 1. The van der Waals surface area contributed by atoms with Crippen LogP contribution in [0.1, 0.15) is 24.1 Å². The SMILES string of the molecule is CC(=NOCc1nc2c3c(-c4ccccc4)c(-c4ccccc4)n(Cc4ccco4)c3ncn2n1)c1ccc(Br)cc1.